The Balaban J connectivity index is 1.67. The summed E-state index contributed by atoms with van der Waals surface area (Å²) in [4.78, 5) is 23.0. The zero-order chi connectivity index (χ0) is 18.7. The molecule has 2 aromatic heterocycles. The van der Waals surface area contributed by atoms with E-state index in [-0.39, 0.29) is 18.1 Å². The molecular formula is C18H26N6O2. The highest BCUT2D eigenvalue weighted by Gasteiger charge is 2.33. The fourth-order valence-corrected chi connectivity index (χ4v) is 3.41. The van der Waals surface area contributed by atoms with E-state index in [0.717, 1.165) is 24.5 Å². The van der Waals surface area contributed by atoms with Crippen molar-refractivity contribution < 1.29 is 9.53 Å². The molecule has 3 heterocycles. The molecule has 1 amide bonds. The van der Waals surface area contributed by atoms with Crippen LogP contribution >= 0.6 is 0 Å². The Morgan fingerprint density at radius 2 is 2.27 bits per heavy atom. The van der Waals surface area contributed by atoms with E-state index in [1.807, 2.05) is 19.2 Å². The number of nitrogens with one attached hydrogen (secondary N) is 1. The molecule has 0 aliphatic carbocycles. The molecule has 3 rings (SSSR count). The number of aromatic nitrogens is 4. The van der Waals surface area contributed by atoms with Crippen LogP contribution in [0.2, 0.25) is 0 Å². The summed E-state index contributed by atoms with van der Waals surface area (Å²) >= 11 is 0. The summed E-state index contributed by atoms with van der Waals surface area (Å²) in [7, 11) is 3.58. The molecule has 1 aliphatic rings. The van der Waals surface area contributed by atoms with Crippen molar-refractivity contribution in [3.05, 3.63) is 36.0 Å². The molecule has 140 valence electrons. The Morgan fingerprint density at radius 1 is 1.46 bits per heavy atom. The van der Waals surface area contributed by atoms with Crippen LogP contribution < -0.4 is 10.2 Å². The quantitative estimate of drug-likeness (QED) is 0.839. The molecule has 0 saturated carbocycles. The molecule has 1 N–H and O–H groups in total. The lowest BCUT2D eigenvalue weighted by molar-refractivity contribution is 0.0940. The minimum Gasteiger partial charge on any atom is -0.380 e. The molecular weight excluding hydrogens is 332 g/mol. The number of hydrogen-bond donors (Lipinski definition) is 1. The van der Waals surface area contributed by atoms with E-state index >= 15 is 0 Å². The van der Waals surface area contributed by atoms with Crippen LogP contribution in [0.1, 0.15) is 42.4 Å². The molecule has 8 heteroatoms. The summed E-state index contributed by atoms with van der Waals surface area (Å²) in [6.07, 6.45) is 4.21. The van der Waals surface area contributed by atoms with Gasteiger partial charge in [0.05, 0.1) is 12.1 Å². The first-order valence-electron chi connectivity index (χ1n) is 8.87. The molecule has 26 heavy (non-hydrogen) atoms. The van der Waals surface area contributed by atoms with Crippen LogP contribution in [0.3, 0.4) is 0 Å². The monoisotopic (exact) mass is 358 g/mol. The molecule has 0 radical (unpaired) electrons. The maximum atomic E-state index is 12.5. The molecule has 8 nitrogen and oxygen atoms in total. The highest BCUT2D eigenvalue weighted by molar-refractivity contribution is 5.92. The minimum absolute atomic E-state index is 0.118. The third kappa shape index (κ3) is 3.85. The van der Waals surface area contributed by atoms with E-state index in [2.05, 4.69) is 39.1 Å². The number of nitrogens with zero attached hydrogens (tertiary/aromatic N) is 5. The third-order valence-corrected chi connectivity index (χ3v) is 4.81. The first kappa shape index (κ1) is 18.3. The second-order valence-electron chi connectivity index (χ2n) is 6.91. The number of ether oxygens (including phenoxy) is 1. The van der Waals surface area contributed by atoms with Gasteiger partial charge in [-0.05, 0) is 24.5 Å². The van der Waals surface area contributed by atoms with E-state index in [4.69, 9.17) is 4.74 Å². The van der Waals surface area contributed by atoms with E-state index in [0.29, 0.717) is 18.2 Å². The van der Waals surface area contributed by atoms with Crippen molar-refractivity contribution in [1.82, 2.24) is 25.1 Å². The van der Waals surface area contributed by atoms with Gasteiger partial charge in [0, 0.05) is 39.1 Å². The van der Waals surface area contributed by atoms with Gasteiger partial charge in [-0.2, -0.15) is 5.10 Å². The molecule has 1 aliphatic heterocycles. The number of amides is 1. The lowest BCUT2D eigenvalue weighted by atomic mass is 10.1. The van der Waals surface area contributed by atoms with Gasteiger partial charge in [-0.3, -0.25) is 9.48 Å². The van der Waals surface area contributed by atoms with Gasteiger partial charge in [-0.1, -0.05) is 13.8 Å². The summed E-state index contributed by atoms with van der Waals surface area (Å²) in [5.41, 5.74) is 1.49. The van der Waals surface area contributed by atoms with Crippen molar-refractivity contribution in [3.63, 3.8) is 0 Å². The Labute approximate surface area is 153 Å². The molecule has 0 spiro atoms. The molecule has 2 aromatic rings. The SMILES string of the molecule is CO[C@@H]1C[C@H](CNC(=O)c2cc(C(C)C)n(C)n2)N(c2ccncn2)C1. The molecule has 1 fully saturated rings. The summed E-state index contributed by atoms with van der Waals surface area (Å²) in [6, 6.07) is 3.85. The molecule has 2 atom stereocenters. The summed E-state index contributed by atoms with van der Waals surface area (Å²) in [6.45, 7) is 5.43. The van der Waals surface area contributed by atoms with Gasteiger partial charge in [-0.15, -0.1) is 0 Å². The number of carbonyl (C=O) groups is 1. The Bertz CT molecular complexity index is 745. The predicted octanol–water partition coefficient (Wildman–Crippen LogP) is 1.36. The standard InChI is InChI=1S/C18H26N6O2/c1-12(2)16-8-15(22-23(16)3)18(25)20-9-13-7-14(26-4)10-24(13)17-5-6-19-11-21-17/h5-6,8,11-14H,7,9-10H2,1-4H3,(H,20,25)/t13-,14-/m1/s1. The van der Waals surface area contributed by atoms with Gasteiger partial charge in [0.15, 0.2) is 0 Å². The number of carbonyl (C=O) groups excluding carboxylic acids is 1. The zero-order valence-corrected chi connectivity index (χ0v) is 15.7. The van der Waals surface area contributed by atoms with Gasteiger partial charge < -0.3 is 15.0 Å². The zero-order valence-electron chi connectivity index (χ0n) is 15.7. The maximum Gasteiger partial charge on any atom is 0.271 e. The molecule has 0 unspecified atom stereocenters. The van der Waals surface area contributed by atoms with Crippen LogP contribution in [-0.4, -0.2) is 58.0 Å². The van der Waals surface area contributed by atoms with Gasteiger partial charge >= 0.3 is 0 Å². The van der Waals surface area contributed by atoms with Gasteiger partial charge in [0.1, 0.15) is 17.8 Å². The minimum atomic E-state index is -0.156. The van der Waals surface area contributed by atoms with Gasteiger partial charge in [0.2, 0.25) is 0 Å². The largest absolute Gasteiger partial charge is 0.380 e. The van der Waals surface area contributed by atoms with E-state index in [9.17, 15) is 4.79 Å². The summed E-state index contributed by atoms with van der Waals surface area (Å²) < 4.78 is 7.28. The summed E-state index contributed by atoms with van der Waals surface area (Å²) in [5, 5.41) is 7.34. The van der Waals surface area contributed by atoms with E-state index in [1.165, 1.54) is 6.33 Å². The molecule has 0 bridgehead atoms. The Morgan fingerprint density at radius 3 is 2.88 bits per heavy atom. The van der Waals surface area contributed by atoms with Crippen molar-refractivity contribution in [2.45, 2.75) is 38.3 Å². The fourth-order valence-electron chi connectivity index (χ4n) is 3.41. The normalized spacial score (nSPS) is 20.0. The van der Waals surface area contributed by atoms with Crippen LogP contribution in [0.25, 0.3) is 0 Å². The van der Waals surface area contributed by atoms with Crippen molar-refractivity contribution in [1.29, 1.82) is 0 Å². The number of methoxy groups -OCH3 is 1. The van der Waals surface area contributed by atoms with Crippen LogP contribution in [0.4, 0.5) is 5.82 Å². The van der Waals surface area contributed by atoms with Gasteiger partial charge in [0.25, 0.3) is 5.91 Å². The van der Waals surface area contributed by atoms with Crippen LogP contribution in [0.5, 0.6) is 0 Å². The maximum absolute atomic E-state index is 12.5. The second-order valence-corrected chi connectivity index (χ2v) is 6.91. The van der Waals surface area contributed by atoms with E-state index < -0.39 is 0 Å². The first-order chi connectivity index (χ1) is 12.5. The van der Waals surface area contributed by atoms with Crippen molar-refractivity contribution >= 4 is 11.7 Å². The van der Waals surface area contributed by atoms with Crippen LogP contribution in [0, 0.1) is 0 Å². The number of anilines is 1. The predicted molar refractivity (Wildman–Crippen MR) is 98.2 cm³/mol. The topological polar surface area (TPSA) is 85.2 Å². The highest BCUT2D eigenvalue weighted by atomic mass is 16.5. The fraction of sp³-hybridized carbons (Fsp3) is 0.556. The number of rotatable bonds is 6. The highest BCUT2D eigenvalue weighted by Crippen LogP contribution is 2.24. The number of aryl methyl sites for hydroxylation is 1. The third-order valence-electron chi connectivity index (χ3n) is 4.81. The van der Waals surface area contributed by atoms with Crippen LogP contribution in [0.15, 0.2) is 24.7 Å². The summed E-state index contributed by atoms with van der Waals surface area (Å²) in [5.74, 6) is 1.01. The van der Waals surface area contributed by atoms with Crippen LogP contribution in [-0.2, 0) is 11.8 Å². The lowest BCUT2D eigenvalue weighted by Crippen LogP contribution is -2.40. The molecule has 1 saturated heterocycles. The second kappa shape index (κ2) is 7.82. The smallest absolute Gasteiger partial charge is 0.271 e. The first-order valence-corrected chi connectivity index (χ1v) is 8.87. The lowest BCUT2D eigenvalue weighted by Gasteiger charge is -2.25. The molecule has 0 aromatic carbocycles. The Hall–Kier alpha value is -2.48. The van der Waals surface area contributed by atoms with Crippen molar-refractivity contribution in [2.75, 3.05) is 25.1 Å². The number of hydrogen-bond acceptors (Lipinski definition) is 6. The average molecular weight is 358 g/mol. The van der Waals surface area contributed by atoms with Gasteiger partial charge in [-0.25, -0.2) is 9.97 Å². The average Bonchev–Trinajstić information content (AvgIpc) is 3.24. The van der Waals surface area contributed by atoms with E-state index in [1.54, 1.807) is 18.0 Å². The van der Waals surface area contributed by atoms with Crippen molar-refractivity contribution in [2.24, 2.45) is 7.05 Å². The Kier molecular flexibility index (Phi) is 5.51. The van der Waals surface area contributed by atoms with Crippen molar-refractivity contribution in [3.8, 4) is 0 Å².